The second-order valence-corrected chi connectivity index (χ2v) is 4.16. The smallest absolute Gasteiger partial charge is 0.385 e. The molecular weight excluding hydrogens is 258 g/mol. The van der Waals surface area contributed by atoms with Crippen molar-refractivity contribution >= 4 is 11.4 Å². The Morgan fingerprint density at radius 3 is 2.26 bits per heavy atom. The Morgan fingerprint density at radius 2 is 1.63 bits per heavy atom. The Bertz CT molecular complexity index is 517. The van der Waals surface area contributed by atoms with Gasteiger partial charge in [0.1, 0.15) is 0 Å². The van der Waals surface area contributed by atoms with Crippen LogP contribution < -0.4 is 17.7 Å². The van der Waals surface area contributed by atoms with Gasteiger partial charge in [-0.05, 0) is 30.5 Å². The predicted molar refractivity (Wildman–Crippen MR) is 74.4 cm³/mol. The van der Waals surface area contributed by atoms with Crippen LogP contribution in [0.3, 0.4) is 0 Å². The molecule has 0 aliphatic heterocycles. The summed E-state index contributed by atoms with van der Waals surface area (Å²) in [6.07, 6.45) is 2.17. The molecule has 0 bridgehead atoms. The quantitative estimate of drug-likeness (QED) is 0.657. The lowest BCUT2D eigenvalue weighted by molar-refractivity contribution is -0.00000384. The normalized spacial score (nSPS) is 9.21. The summed E-state index contributed by atoms with van der Waals surface area (Å²) in [6, 6.07) is 17.9. The summed E-state index contributed by atoms with van der Waals surface area (Å²) in [5.41, 5.74) is 2.99. The number of aryl methyl sites for hydroxylation is 1. The molecule has 0 radical (unpaired) electrons. The zero-order valence-electron chi connectivity index (χ0n) is 10.6. The van der Waals surface area contributed by atoms with Crippen molar-refractivity contribution in [1.29, 1.82) is 5.39 Å². The number of anilines is 1. The zero-order chi connectivity index (χ0) is 12.6. The summed E-state index contributed by atoms with van der Waals surface area (Å²) >= 11 is 0. The van der Waals surface area contributed by atoms with E-state index in [0.29, 0.717) is 5.69 Å². The van der Waals surface area contributed by atoms with Gasteiger partial charge in [-0.3, -0.25) is 0 Å². The Morgan fingerprint density at radius 1 is 0.947 bits per heavy atom. The fraction of sp³-hybridized carbons (Fsp3) is 0.200. The van der Waals surface area contributed by atoms with Gasteiger partial charge in [-0.1, -0.05) is 30.3 Å². The van der Waals surface area contributed by atoms with E-state index in [1.165, 1.54) is 5.56 Å². The SMILES string of the molecule is N#[N+]c1ccc(NCCCc2ccccc2)cc1.[Cl-]. The molecule has 2 aromatic carbocycles. The van der Waals surface area contributed by atoms with Gasteiger partial charge in [0.25, 0.3) is 0 Å². The maximum atomic E-state index is 8.57. The molecule has 0 atom stereocenters. The first kappa shape index (κ1) is 15.0. The average molecular weight is 274 g/mol. The molecule has 0 aliphatic carbocycles. The molecule has 0 saturated heterocycles. The highest BCUT2D eigenvalue weighted by Gasteiger charge is 2.01. The summed E-state index contributed by atoms with van der Waals surface area (Å²) in [4.78, 5) is 3.12. The van der Waals surface area contributed by atoms with E-state index in [0.717, 1.165) is 25.1 Å². The van der Waals surface area contributed by atoms with Crippen LogP contribution >= 0.6 is 0 Å². The number of nitrogens with zero attached hydrogens (tertiary/aromatic N) is 2. The molecule has 1 N–H and O–H groups in total. The number of rotatable bonds is 5. The molecule has 98 valence electrons. The van der Waals surface area contributed by atoms with Gasteiger partial charge in [0.05, 0.1) is 0 Å². The van der Waals surface area contributed by atoms with Gasteiger partial charge in [-0.25, -0.2) is 0 Å². The molecule has 0 heterocycles. The van der Waals surface area contributed by atoms with Gasteiger partial charge in [0.15, 0.2) is 4.98 Å². The third-order valence-electron chi connectivity index (χ3n) is 2.80. The van der Waals surface area contributed by atoms with Crippen molar-refractivity contribution in [2.45, 2.75) is 12.8 Å². The second-order valence-electron chi connectivity index (χ2n) is 4.16. The topological polar surface area (TPSA) is 40.2 Å². The van der Waals surface area contributed by atoms with Crippen LogP contribution in [0.1, 0.15) is 12.0 Å². The molecule has 2 rings (SSSR count). The van der Waals surface area contributed by atoms with Crippen LogP contribution in [-0.4, -0.2) is 6.54 Å². The summed E-state index contributed by atoms with van der Waals surface area (Å²) in [7, 11) is 0. The number of halogens is 1. The monoisotopic (exact) mass is 273 g/mol. The van der Waals surface area contributed by atoms with Gasteiger partial charge < -0.3 is 17.7 Å². The lowest BCUT2D eigenvalue weighted by Gasteiger charge is -2.05. The third-order valence-corrected chi connectivity index (χ3v) is 2.80. The summed E-state index contributed by atoms with van der Waals surface area (Å²) < 4.78 is 0. The molecule has 2 aromatic rings. The van der Waals surface area contributed by atoms with Gasteiger partial charge in [0.2, 0.25) is 5.39 Å². The number of benzene rings is 2. The molecule has 0 aliphatic rings. The van der Waals surface area contributed by atoms with Crippen LogP contribution in [0, 0.1) is 5.39 Å². The van der Waals surface area contributed by atoms with Gasteiger partial charge >= 0.3 is 5.69 Å². The highest BCUT2D eigenvalue weighted by molar-refractivity contribution is 5.53. The largest absolute Gasteiger partial charge is 1.00 e. The predicted octanol–water partition coefficient (Wildman–Crippen LogP) is 1.22. The van der Waals surface area contributed by atoms with E-state index in [4.69, 9.17) is 5.39 Å². The Labute approximate surface area is 119 Å². The fourth-order valence-corrected chi connectivity index (χ4v) is 1.82. The maximum absolute atomic E-state index is 8.57. The summed E-state index contributed by atoms with van der Waals surface area (Å²) in [6.45, 7) is 0.935. The fourth-order valence-electron chi connectivity index (χ4n) is 1.82. The minimum atomic E-state index is 0. The van der Waals surface area contributed by atoms with Crippen LogP contribution in [0.2, 0.25) is 0 Å². The highest BCUT2D eigenvalue weighted by Crippen LogP contribution is 2.15. The van der Waals surface area contributed by atoms with Crippen LogP contribution in [0.4, 0.5) is 11.4 Å². The van der Waals surface area contributed by atoms with Gasteiger partial charge in [-0.15, -0.1) is 0 Å². The molecule has 0 saturated carbocycles. The number of hydrogen-bond donors (Lipinski definition) is 1. The van der Waals surface area contributed by atoms with E-state index >= 15 is 0 Å². The Hall–Kier alpha value is -2.05. The Kier molecular flexibility index (Phi) is 6.42. The van der Waals surface area contributed by atoms with E-state index in [1.54, 1.807) is 12.1 Å². The standard InChI is InChI=1S/C15H16N3.ClH/c16-18-15-10-8-14(9-11-15)17-12-4-7-13-5-2-1-3-6-13;/h1-3,5-6,8-11,17H,4,7,12H2;1H/q+1;/p-1. The maximum Gasteiger partial charge on any atom is 0.385 e. The number of nitrogens with one attached hydrogen (secondary N) is 1. The van der Waals surface area contributed by atoms with E-state index in [9.17, 15) is 0 Å². The van der Waals surface area contributed by atoms with Gasteiger partial charge in [0, 0.05) is 24.4 Å². The average Bonchev–Trinajstić information content (AvgIpc) is 2.45. The van der Waals surface area contributed by atoms with Crippen LogP contribution in [0.5, 0.6) is 0 Å². The van der Waals surface area contributed by atoms with Crippen molar-refractivity contribution in [2.24, 2.45) is 0 Å². The highest BCUT2D eigenvalue weighted by atomic mass is 35.5. The van der Waals surface area contributed by atoms with E-state index in [2.05, 4.69) is 34.6 Å². The molecule has 19 heavy (non-hydrogen) atoms. The summed E-state index contributed by atoms with van der Waals surface area (Å²) in [5, 5.41) is 11.9. The van der Waals surface area contributed by atoms with Crippen molar-refractivity contribution in [1.82, 2.24) is 0 Å². The number of hydrogen-bond acceptors (Lipinski definition) is 2. The molecule has 0 aromatic heterocycles. The van der Waals surface area contributed by atoms with E-state index in [-0.39, 0.29) is 12.4 Å². The van der Waals surface area contributed by atoms with Crippen molar-refractivity contribution in [3.8, 4) is 0 Å². The molecule has 4 heteroatoms. The van der Waals surface area contributed by atoms with Crippen molar-refractivity contribution < 1.29 is 12.4 Å². The van der Waals surface area contributed by atoms with Crippen LogP contribution in [0.15, 0.2) is 54.6 Å². The molecule has 0 amide bonds. The lowest BCUT2D eigenvalue weighted by Crippen LogP contribution is -3.00. The minimum absolute atomic E-state index is 0. The molecule has 0 spiro atoms. The van der Waals surface area contributed by atoms with E-state index < -0.39 is 0 Å². The van der Waals surface area contributed by atoms with Crippen LogP contribution in [-0.2, 0) is 6.42 Å². The zero-order valence-corrected chi connectivity index (χ0v) is 11.3. The first-order chi connectivity index (χ1) is 8.88. The first-order valence-corrected chi connectivity index (χ1v) is 6.11. The minimum Gasteiger partial charge on any atom is -1.00 e. The van der Waals surface area contributed by atoms with E-state index in [1.807, 2.05) is 18.2 Å². The second kappa shape index (κ2) is 8.12. The first-order valence-electron chi connectivity index (χ1n) is 6.11. The number of diazo groups is 1. The lowest BCUT2D eigenvalue weighted by atomic mass is 10.1. The molecule has 0 unspecified atom stereocenters. The molecule has 3 nitrogen and oxygen atoms in total. The third kappa shape index (κ3) is 4.99. The van der Waals surface area contributed by atoms with Crippen LogP contribution in [0.25, 0.3) is 4.98 Å². The summed E-state index contributed by atoms with van der Waals surface area (Å²) in [5.74, 6) is 0. The van der Waals surface area contributed by atoms with Gasteiger partial charge in [-0.2, -0.15) is 0 Å². The molecular formula is C15H16ClN3. The van der Waals surface area contributed by atoms with Crippen molar-refractivity contribution in [3.63, 3.8) is 0 Å². The molecule has 0 fully saturated rings. The Balaban J connectivity index is 0.00000180. The van der Waals surface area contributed by atoms with Crippen molar-refractivity contribution in [2.75, 3.05) is 11.9 Å². The van der Waals surface area contributed by atoms with Crippen molar-refractivity contribution in [3.05, 3.63) is 65.1 Å².